The van der Waals surface area contributed by atoms with Gasteiger partial charge in [-0.05, 0) is 46.4 Å². The van der Waals surface area contributed by atoms with E-state index >= 15 is 0 Å². The van der Waals surface area contributed by atoms with Crippen molar-refractivity contribution in [2.75, 3.05) is 0 Å². The Morgan fingerprint density at radius 1 is 1.14 bits per heavy atom. The second-order valence-electron chi connectivity index (χ2n) is 2.67. The van der Waals surface area contributed by atoms with Crippen molar-refractivity contribution in [3.8, 4) is 0 Å². The molecule has 0 atom stereocenters. The van der Waals surface area contributed by atoms with Crippen LogP contribution in [0.3, 0.4) is 0 Å². The van der Waals surface area contributed by atoms with E-state index in [0.29, 0.717) is 5.82 Å². The Morgan fingerprint density at radius 3 is 2.57 bits per heavy atom. The summed E-state index contributed by atoms with van der Waals surface area (Å²) < 4.78 is 5.83. The topological polar surface area (TPSA) is 38.9 Å². The largest absolute Gasteiger partial charge is 0.342 e. The van der Waals surface area contributed by atoms with Gasteiger partial charge in [-0.25, -0.2) is 0 Å². The first-order valence-electron chi connectivity index (χ1n) is 4.04. The number of halogens is 1. The highest BCUT2D eigenvalue weighted by Gasteiger charge is 1.91. The highest BCUT2D eigenvalue weighted by molar-refractivity contribution is 14.1. The predicted molar refractivity (Wildman–Crippen MR) is 62.4 cm³/mol. The van der Waals surface area contributed by atoms with Crippen LogP contribution in [0.2, 0.25) is 0 Å². The van der Waals surface area contributed by atoms with Gasteiger partial charge in [0, 0.05) is 3.57 Å². The Morgan fingerprint density at radius 2 is 1.93 bits per heavy atom. The van der Waals surface area contributed by atoms with E-state index in [1.54, 1.807) is 0 Å². The molecule has 0 saturated carbocycles. The zero-order chi connectivity index (χ0) is 9.80. The molecule has 4 heteroatoms. The first-order chi connectivity index (χ1) is 6.84. The molecule has 14 heavy (non-hydrogen) atoms. The molecule has 0 fully saturated rings. The highest BCUT2D eigenvalue weighted by atomic mass is 127. The number of hydrogen-bond donors (Lipinski definition) is 0. The number of nitrogens with zero attached hydrogens (tertiary/aromatic N) is 2. The maximum absolute atomic E-state index is 4.61. The Labute approximate surface area is 95.0 Å². The van der Waals surface area contributed by atoms with Gasteiger partial charge in [-0.15, -0.1) is 0 Å². The molecule has 2 rings (SSSR count). The van der Waals surface area contributed by atoms with Gasteiger partial charge >= 0.3 is 0 Å². The lowest BCUT2D eigenvalue weighted by Gasteiger charge is -1.91. The summed E-state index contributed by atoms with van der Waals surface area (Å²) in [5.41, 5.74) is 1.12. The molecule has 0 N–H and O–H groups in total. The first kappa shape index (κ1) is 9.39. The van der Waals surface area contributed by atoms with Crippen LogP contribution in [-0.2, 0) is 0 Å². The molecule has 2 aromatic rings. The fraction of sp³-hybridized carbons (Fsp3) is 0. The molecule has 1 aromatic heterocycles. The van der Waals surface area contributed by atoms with Gasteiger partial charge in [-0.1, -0.05) is 23.4 Å². The van der Waals surface area contributed by atoms with Gasteiger partial charge in [0.25, 0.3) is 0 Å². The van der Waals surface area contributed by atoms with E-state index in [1.807, 2.05) is 24.3 Å². The number of aromatic nitrogens is 2. The van der Waals surface area contributed by atoms with Gasteiger partial charge < -0.3 is 4.52 Å². The fourth-order valence-electron chi connectivity index (χ4n) is 0.997. The van der Waals surface area contributed by atoms with Crippen LogP contribution in [0.1, 0.15) is 11.4 Å². The fourth-order valence-corrected chi connectivity index (χ4v) is 1.36. The smallest absolute Gasteiger partial charge is 0.214 e. The average molecular weight is 298 g/mol. The lowest BCUT2D eigenvalue weighted by molar-refractivity contribution is 0.415. The van der Waals surface area contributed by atoms with Gasteiger partial charge in [0.05, 0.1) is 0 Å². The second kappa shape index (κ2) is 4.36. The Kier molecular flexibility index (Phi) is 2.93. The summed E-state index contributed by atoms with van der Waals surface area (Å²) in [6.45, 7) is 0. The van der Waals surface area contributed by atoms with Crippen LogP contribution in [0.5, 0.6) is 0 Å². The molecule has 0 saturated heterocycles. The SMILES string of the molecule is Ic1ccc(C=Cc2ncon2)cc1. The third kappa shape index (κ3) is 2.41. The van der Waals surface area contributed by atoms with E-state index in [1.165, 1.54) is 9.96 Å². The molecule has 1 aromatic carbocycles. The van der Waals surface area contributed by atoms with E-state index in [0.717, 1.165) is 5.56 Å². The van der Waals surface area contributed by atoms with Crippen molar-refractivity contribution in [3.05, 3.63) is 45.6 Å². The lowest BCUT2D eigenvalue weighted by Crippen LogP contribution is -1.75. The average Bonchev–Trinajstić information content (AvgIpc) is 2.70. The molecule has 0 aliphatic carbocycles. The molecule has 0 aliphatic heterocycles. The van der Waals surface area contributed by atoms with Gasteiger partial charge in [-0.3, -0.25) is 0 Å². The molecule has 0 aliphatic rings. The van der Waals surface area contributed by atoms with Crippen molar-refractivity contribution in [1.29, 1.82) is 0 Å². The van der Waals surface area contributed by atoms with Crippen LogP contribution >= 0.6 is 22.6 Å². The van der Waals surface area contributed by atoms with Crippen molar-refractivity contribution < 1.29 is 4.52 Å². The van der Waals surface area contributed by atoms with Crippen molar-refractivity contribution in [2.24, 2.45) is 0 Å². The van der Waals surface area contributed by atoms with Crippen LogP contribution in [0.25, 0.3) is 12.2 Å². The summed E-state index contributed by atoms with van der Waals surface area (Å²) in [5.74, 6) is 0.587. The van der Waals surface area contributed by atoms with E-state index in [-0.39, 0.29) is 0 Å². The molecule has 1 heterocycles. The number of hydrogen-bond acceptors (Lipinski definition) is 3. The van der Waals surface area contributed by atoms with E-state index < -0.39 is 0 Å². The summed E-state index contributed by atoms with van der Waals surface area (Å²) in [7, 11) is 0. The quantitative estimate of drug-likeness (QED) is 0.800. The molecular weight excluding hydrogens is 291 g/mol. The van der Waals surface area contributed by atoms with Crippen LogP contribution in [0.4, 0.5) is 0 Å². The van der Waals surface area contributed by atoms with Crippen molar-refractivity contribution in [2.45, 2.75) is 0 Å². The second-order valence-corrected chi connectivity index (χ2v) is 3.92. The molecular formula is C10H7IN2O. The van der Waals surface area contributed by atoms with Gasteiger partial charge in [0.2, 0.25) is 6.39 Å². The Bertz CT molecular complexity index is 420. The maximum Gasteiger partial charge on any atom is 0.214 e. The highest BCUT2D eigenvalue weighted by Crippen LogP contribution is 2.09. The molecule has 0 amide bonds. The monoisotopic (exact) mass is 298 g/mol. The van der Waals surface area contributed by atoms with Gasteiger partial charge in [-0.2, -0.15) is 4.98 Å². The molecule has 3 nitrogen and oxygen atoms in total. The van der Waals surface area contributed by atoms with Crippen molar-refractivity contribution >= 4 is 34.7 Å². The predicted octanol–water partition coefficient (Wildman–Crippen LogP) is 2.84. The number of benzene rings is 1. The lowest BCUT2D eigenvalue weighted by atomic mass is 10.2. The third-order valence-corrected chi connectivity index (χ3v) is 2.39. The van der Waals surface area contributed by atoms with Crippen LogP contribution in [-0.4, -0.2) is 10.1 Å². The Hall–Kier alpha value is -1.17. The zero-order valence-corrected chi connectivity index (χ0v) is 9.38. The van der Waals surface area contributed by atoms with Gasteiger partial charge in [0.15, 0.2) is 5.82 Å². The molecule has 0 radical (unpaired) electrons. The minimum absolute atomic E-state index is 0.587. The zero-order valence-electron chi connectivity index (χ0n) is 7.22. The van der Waals surface area contributed by atoms with E-state index in [2.05, 4.69) is 49.4 Å². The standard InChI is InChI=1S/C10H7IN2O/c11-9-4-1-8(2-5-9)3-6-10-12-7-14-13-10/h1-7H. The van der Waals surface area contributed by atoms with Crippen LogP contribution < -0.4 is 0 Å². The molecule has 0 bridgehead atoms. The van der Waals surface area contributed by atoms with Crippen molar-refractivity contribution in [1.82, 2.24) is 10.1 Å². The summed E-state index contributed by atoms with van der Waals surface area (Å²) in [6, 6.07) is 8.18. The molecule has 0 unspecified atom stereocenters. The first-order valence-corrected chi connectivity index (χ1v) is 5.12. The van der Waals surface area contributed by atoms with E-state index in [4.69, 9.17) is 0 Å². The normalized spacial score (nSPS) is 10.9. The summed E-state index contributed by atoms with van der Waals surface area (Å²) >= 11 is 2.27. The molecule has 0 spiro atoms. The molecule has 70 valence electrons. The summed E-state index contributed by atoms with van der Waals surface area (Å²) in [5, 5.41) is 3.67. The maximum atomic E-state index is 4.61. The van der Waals surface area contributed by atoms with Gasteiger partial charge in [0.1, 0.15) is 0 Å². The minimum Gasteiger partial charge on any atom is -0.342 e. The summed E-state index contributed by atoms with van der Waals surface area (Å²) in [4.78, 5) is 3.88. The third-order valence-electron chi connectivity index (χ3n) is 1.67. The van der Waals surface area contributed by atoms with Crippen LogP contribution in [0, 0.1) is 3.57 Å². The van der Waals surface area contributed by atoms with Crippen LogP contribution in [0.15, 0.2) is 35.2 Å². The minimum atomic E-state index is 0.587. The van der Waals surface area contributed by atoms with Crippen molar-refractivity contribution in [3.63, 3.8) is 0 Å². The Balaban J connectivity index is 2.15. The number of rotatable bonds is 2. The van der Waals surface area contributed by atoms with E-state index in [9.17, 15) is 0 Å². The summed E-state index contributed by atoms with van der Waals surface area (Å²) in [6.07, 6.45) is 5.07.